The van der Waals surface area contributed by atoms with Crippen molar-refractivity contribution < 1.29 is 9.47 Å². The van der Waals surface area contributed by atoms with Crippen LogP contribution in [0, 0.1) is 0 Å². The molecule has 0 aromatic heterocycles. The second-order valence-electron chi connectivity index (χ2n) is 5.22. The zero-order chi connectivity index (χ0) is 15.8. The van der Waals surface area contributed by atoms with Crippen LogP contribution in [0.1, 0.15) is 0 Å². The van der Waals surface area contributed by atoms with Crippen molar-refractivity contribution >= 4 is 33.0 Å². The Bertz CT molecular complexity index is 861. The zero-order valence-electron chi connectivity index (χ0n) is 12.5. The molecule has 3 aromatic rings. The van der Waals surface area contributed by atoms with Crippen LogP contribution in [0.25, 0.3) is 0 Å². The summed E-state index contributed by atoms with van der Waals surface area (Å²) in [5, 5.41) is 0. The highest BCUT2D eigenvalue weighted by atomic mass is 79.9. The Labute approximate surface area is 143 Å². The summed E-state index contributed by atoms with van der Waals surface area (Å²) in [5.41, 5.74) is 3.09. The van der Waals surface area contributed by atoms with E-state index in [4.69, 9.17) is 9.47 Å². The highest BCUT2D eigenvalue weighted by molar-refractivity contribution is 9.10. The molecule has 0 saturated carbocycles. The Morgan fingerprint density at radius 1 is 0.870 bits per heavy atom. The minimum atomic E-state index is 0.828. The highest BCUT2D eigenvalue weighted by Crippen LogP contribution is 2.50. The molecule has 4 rings (SSSR count). The van der Waals surface area contributed by atoms with Gasteiger partial charge in [-0.3, -0.25) is 0 Å². The number of anilines is 3. The number of hydrogen-bond donors (Lipinski definition) is 0. The second kappa shape index (κ2) is 5.63. The molecule has 0 N–H and O–H groups in total. The summed E-state index contributed by atoms with van der Waals surface area (Å²) in [4.78, 5) is 2.19. The molecule has 3 nitrogen and oxygen atoms in total. The Hall–Kier alpha value is -2.46. The van der Waals surface area contributed by atoms with Gasteiger partial charge in [0.2, 0.25) is 0 Å². The van der Waals surface area contributed by atoms with Crippen molar-refractivity contribution in [3.8, 4) is 17.2 Å². The van der Waals surface area contributed by atoms with Crippen LogP contribution in [-0.4, -0.2) is 7.11 Å². The van der Waals surface area contributed by atoms with Gasteiger partial charge < -0.3 is 14.4 Å². The summed E-state index contributed by atoms with van der Waals surface area (Å²) in [6.07, 6.45) is 0. The maximum atomic E-state index is 6.06. The van der Waals surface area contributed by atoms with E-state index in [1.54, 1.807) is 7.11 Å². The van der Waals surface area contributed by atoms with Crippen molar-refractivity contribution in [3.05, 3.63) is 71.2 Å². The van der Waals surface area contributed by atoms with Crippen LogP contribution in [0.4, 0.5) is 17.1 Å². The molecule has 1 aliphatic heterocycles. The van der Waals surface area contributed by atoms with Gasteiger partial charge in [-0.15, -0.1) is 0 Å². The van der Waals surface area contributed by atoms with E-state index < -0.39 is 0 Å². The third-order valence-corrected chi connectivity index (χ3v) is 4.31. The van der Waals surface area contributed by atoms with Crippen molar-refractivity contribution in [1.29, 1.82) is 0 Å². The molecule has 4 heteroatoms. The molecule has 1 heterocycles. The number of halogens is 1. The smallest absolute Gasteiger partial charge is 0.152 e. The number of ether oxygens (including phenoxy) is 2. The number of rotatable bonds is 2. The quantitative estimate of drug-likeness (QED) is 0.431. The molecule has 0 spiro atoms. The fourth-order valence-corrected chi connectivity index (χ4v) is 3.08. The molecule has 0 saturated heterocycles. The van der Waals surface area contributed by atoms with E-state index in [2.05, 4.69) is 33.0 Å². The first-order valence-corrected chi connectivity index (χ1v) is 8.06. The van der Waals surface area contributed by atoms with E-state index in [1.165, 1.54) is 0 Å². The van der Waals surface area contributed by atoms with E-state index in [1.807, 2.05) is 54.6 Å². The summed E-state index contributed by atoms with van der Waals surface area (Å²) < 4.78 is 12.3. The SMILES string of the molecule is COc1ccc(N2c3ccccc3Oc3cc(Br)ccc32)cc1. The maximum Gasteiger partial charge on any atom is 0.152 e. The topological polar surface area (TPSA) is 21.7 Å². The van der Waals surface area contributed by atoms with Gasteiger partial charge in [-0.05, 0) is 54.6 Å². The highest BCUT2D eigenvalue weighted by Gasteiger charge is 2.25. The van der Waals surface area contributed by atoms with Crippen LogP contribution in [0.2, 0.25) is 0 Å². The predicted molar refractivity (Wildman–Crippen MR) is 95.5 cm³/mol. The first-order valence-electron chi connectivity index (χ1n) is 7.27. The Balaban J connectivity index is 1.90. The van der Waals surface area contributed by atoms with Crippen LogP contribution in [-0.2, 0) is 0 Å². The van der Waals surface area contributed by atoms with Crippen molar-refractivity contribution in [1.82, 2.24) is 0 Å². The summed E-state index contributed by atoms with van der Waals surface area (Å²) in [5.74, 6) is 2.51. The van der Waals surface area contributed by atoms with Gasteiger partial charge in [0.25, 0.3) is 0 Å². The van der Waals surface area contributed by atoms with Gasteiger partial charge >= 0.3 is 0 Å². The van der Waals surface area contributed by atoms with Gasteiger partial charge in [0.15, 0.2) is 11.5 Å². The van der Waals surface area contributed by atoms with E-state index in [9.17, 15) is 0 Å². The summed E-state index contributed by atoms with van der Waals surface area (Å²) in [6.45, 7) is 0. The Morgan fingerprint density at radius 2 is 1.61 bits per heavy atom. The van der Waals surface area contributed by atoms with E-state index in [0.29, 0.717) is 0 Å². The third-order valence-electron chi connectivity index (χ3n) is 3.82. The van der Waals surface area contributed by atoms with E-state index in [-0.39, 0.29) is 0 Å². The number of benzene rings is 3. The van der Waals surface area contributed by atoms with Crippen molar-refractivity contribution in [2.75, 3.05) is 12.0 Å². The van der Waals surface area contributed by atoms with Gasteiger partial charge in [0.1, 0.15) is 5.75 Å². The van der Waals surface area contributed by atoms with Crippen LogP contribution >= 0.6 is 15.9 Å². The van der Waals surface area contributed by atoms with Crippen molar-refractivity contribution in [2.24, 2.45) is 0 Å². The lowest BCUT2D eigenvalue weighted by atomic mass is 10.1. The zero-order valence-corrected chi connectivity index (χ0v) is 14.1. The molecule has 3 aromatic carbocycles. The first-order chi connectivity index (χ1) is 11.3. The summed E-state index contributed by atoms with van der Waals surface area (Å²) in [7, 11) is 1.67. The summed E-state index contributed by atoms with van der Waals surface area (Å²) in [6, 6.07) is 22.1. The van der Waals surface area contributed by atoms with E-state index in [0.717, 1.165) is 38.8 Å². The van der Waals surface area contributed by atoms with Gasteiger partial charge in [-0.1, -0.05) is 28.1 Å². The standard InChI is InChI=1S/C19H14BrNO2/c1-22-15-9-7-14(8-10-15)21-16-4-2-3-5-18(16)23-19-12-13(20)6-11-17(19)21/h2-12H,1H3. The minimum Gasteiger partial charge on any atom is -0.497 e. The van der Waals surface area contributed by atoms with Gasteiger partial charge in [0.05, 0.1) is 18.5 Å². The molecule has 0 fully saturated rings. The van der Waals surface area contributed by atoms with E-state index >= 15 is 0 Å². The number of hydrogen-bond acceptors (Lipinski definition) is 3. The number of nitrogens with zero attached hydrogens (tertiary/aromatic N) is 1. The van der Waals surface area contributed by atoms with Gasteiger partial charge in [-0.25, -0.2) is 0 Å². The third kappa shape index (κ3) is 2.45. The molecule has 1 aliphatic rings. The average Bonchev–Trinajstić information content (AvgIpc) is 2.59. The average molecular weight is 368 g/mol. The Kier molecular flexibility index (Phi) is 3.46. The van der Waals surface area contributed by atoms with Crippen LogP contribution in [0.3, 0.4) is 0 Å². The number of fused-ring (bicyclic) bond motifs is 2. The maximum absolute atomic E-state index is 6.06. The predicted octanol–water partition coefficient (Wildman–Crippen LogP) is 6.03. The molecule has 114 valence electrons. The molecular weight excluding hydrogens is 354 g/mol. The fraction of sp³-hybridized carbons (Fsp3) is 0.0526. The van der Waals surface area contributed by atoms with Gasteiger partial charge in [-0.2, -0.15) is 0 Å². The molecular formula is C19H14BrNO2. The van der Waals surface area contributed by atoms with Crippen molar-refractivity contribution in [2.45, 2.75) is 0 Å². The van der Waals surface area contributed by atoms with Crippen LogP contribution < -0.4 is 14.4 Å². The first kappa shape index (κ1) is 14.2. The van der Waals surface area contributed by atoms with Crippen LogP contribution in [0.5, 0.6) is 17.2 Å². The molecule has 0 unspecified atom stereocenters. The lowest BCUT2D eigenvalue weighted by molar-refractivity contribution is 0.415. The van der Waals surface area contributed by atoms with Crippen molar-refractivity contribution in [3.63, 3.8) is 0 Å². The molecule has 0 aliphatic carbocycles. The molecule has 0 radical (unpaired) electrons. The molecule has 23 heavy (non-hydrogen) atoms. The molecule has 0 bridgehead atoms. The molecule has 0 atom stereocenters. The largest absolute Gasteiger partial charge is 0.497 e. The molecule has 0 amide bonds. The lowest BCUT2D eigenvalue weighted by Gasteiger charge is -2.32. The lowest BCUT2D eigenvalue weighted by Crippen LogP contribution is -2.15. The minimum absolute atomic E-state index is 0.828. The summed E-state index contributed by atoms with van der Waals surface area (Å²) >= 11 is 3.51. The number of para-hydroxylation sites is 2. The van der Waals surface area contributed by atoms with Gasteiger partial charge in [0, 0.05) is 10.2 Å². The van der Waals surface area contributed by atoms with Crippen LogP contribution in [0.15, 0.2) is 71.2 Å². The normalized spacial score (nSPS) is 12.2. The number of methoxy groups -OCH3 is 1. The second-order valence-corrected chi connectivity index (χ2v) is 6.13. The fourth-order valence-electron chi connectivity index (χ4n) is 2.74. The monoisotopic (exact) mass is 367 g/mol. The Morgan fingerprint density at radius 3 is 2.39 bits per heavy atom.